The number of tetrazole rings is 1. The molecule has 0 radical (unpaired) electrons. The largest absolute Gasteiger partial charge is 0.379 e. The van der Waals surface area contributed by atoms with Crippen molar-refractivity contribution in [2.45, 2.75) is 39.0 Å². The molecule has 8 nitrogen and oxygen atoms in total. The van der Waals surface area contributed by atoms with E-state index in [-0.39, 0.29) is 24.6 Å². The third-order valence-corrected chi connectivity index (χ3v) is 3.14. The quantitative estimate of drug-likeness (QED) is 0.739. The topological polar surface area (TPSA) is 91.2 Å². The summed E-state index contributed by atoms with van der Waals surface area (Å²) in [5.74, 6) is -0.159. The maximum Gasteiger partial charge on any atom is 0.242 e. The lowest BCUT2D eigenvalue weighted by Gasteiger charge is -2.31. The highest BCUT2D eigenvalue weighted by Crippen LogP contribution is 2.12. The van der Waals surface area contributed by atoms with Crippen LogP contribution in [0.3, 0.4) is 0 Å². The summed E-state index contributed by atoms with van der Waals surface area (Å²) in [5, 5.41) is 13.6. The smallest absolute Gasteiger partial charge is 0.242 e. The number of rotatable bonds is 6. The molecule has 1 N–H and O–H groups in total. The Hall–Kier alpha value is -1.80. The second kappa shape index (κ2) is 7.84. The zero-order valence-electron chi connectivity index (χ0n) is 12.4. The molecule has 0 saturated carbocycles. The number of hydrogen-bond acceptors (Lipinski definition) is 6. The first-order valence-corrected chi connectivity index (χ1v) is 6.98. The van der Waals surface area contributed by atoms with Crippen LogP contribution in [0.1, 0.15) is 20.3 Å². The number of allylic oxidation sites excluding steroid dienone is 1. The molecule has 1 amide bonds. The van der Waals surface area contributed by atoms with Crippen molar-refractivity contribution in [2.24, 2.45) is 0 Å². The van der Waals surface area contributed by atoms with Gasteiger partial charge in [0.2, 0.25) is 5.91 Å². The first-order valence-electron chi connectivity index (χ1n) is 6.98. The van der Waals surface area contributed by atoms with Crippen molar-refractivity contribution < 1.29 is 14.3 Å². The Kier molecular flexibility index (Phi) is 5.82. The molecule has 2 atom stereocenters. The van der Waals surface area contributed by atoms with Crippen molar-refractivity contribution >= 4 is 5.91 Å². The van der Waals surface area contributed by atoms with Gasteiger partial charge in [0.25, 0.3) is 0 Å². The minimum Gasteiger partial charge on any atom is -0.379 e. The van der Waals surface area contributed by atoms with Gasteiger partial charge in [-0.1, -0.05) is 11.6 Å². The number of ether oxygens (including phenoxy) is 2. The Morgan fingerprint density at radius 3 is 3.14 bits per heavy atom. The Morgan fingerprint density at radius 1 is 1.57 bits per heavy atom. The van der Waals surface area contributed by atoms with Crippen LogP contribution in [0, 0.1) is 0 Å². The van der Waals surface area contributed by atoms with E-state index in [1.165, 1.54) is 16.6 Å². The minimum absolute atomic E-state index is 0.0350. The van der Waals surface area contributed by atoms with Crippen molar-refractivity contribution in [3.05, 3.63) is 18.0 Å². The van der Waals surface area contributed by atoms with Crippen molar-refractivity contribution in [2.75, 3.05) is 19.8 Å². The molecular weight excluding hydrogens is 274 g/mol. The van der Waals surface area contributed by atoms with Gasteiger partial charge < -0.3 is 14.8 Å². The summed E-state index contributed by atoms with van der Waals surface area (Å²) in [6.07, 6.45) is 4.16. The number of aromatic nitrogens is 4. The number of nitrogens with one attached hydrogen (secondary N) is 1. The summed E-state index contributed by atoms with van der Waals surface area (Å²) < 4.78 is 12.6. The average Bonchev–Trinajstić information content (AvgIpc) is 2.93. The monoisotopic (exact) mass is 295 g/mol. The zero-order valence-corrected chi connectivity index (χ0v) is 12.4. The summed E-state index contributed by atoms with van der Waals surface area (Å²) in [4.78, 5) is 12.0. The van der Waals surface area contributed by atoms with Crippen LogP contribution in [0.15, 0.2) is 18.0 Å². The van der Waals surface area contributed by atoms with Crippen molar-refractivity contribution in [3.8, 4) is 0 Å². The van der Waals surface area contributed by atoms with E-state index in [1.807, 2.05) is 19.9 Å². The van der Waals surface area contributed by atoms with Gasteiger partial charge in [0.05, 0.1) is 25.4 Å². The highest BCUT2D eigenvalue weighted by Gasteiger charge is 2.27. The predicted molar refractivity (Wildman–Crippen MR) is 74.4 cm³/mol. The van der Waals surface area contributed by atoms with Crippen LogP contribution in [-0.4, -0.2) is 58.1 Å². The lowest BCUT2D eigenvalue weighted by atomic mass is 10.1. The number of hydrogen-bond donors (Lipinski definition) is 1. The number of carbonyl (C=O) groups excluding carboxylic acids is 1. The molecule has 2 rings (SSSR count). The van der Waals surface area contributed by atoms with Gasteiger partial charge in [0.15, 0.2) is 0 Å². The summed E-state index contributed by atoms with van der Waals surface area (Å²) in [7, 11) is 0. The lowest BCUT2D eigenvalue weighted by molar-refractivity contribution is -0.126. The van der Waals surface area contributed by atoms with Gasteiger partial charge in [0.1, 0.15) is 12.9 Å². The third kappa shape index (κ3) is 5.24. The van der Waals surface area contributed by atoms with Crippen LogP contribution in [0.4, 0.5) is 0 Å². The maximum atomic E-state index is 12.0. The van der Waals surface area contributed by atoms with Crippen LogP contribution in [-0.2, 0) is 20.8 Å². The van der Waals surface area contributed by atoms with Crippen LogP contribution < -0.4 is 5.32 Å². The van der Waals surface area contributed by atoms with E-state index in [0.717, 1.165) is 6.42 Å². The van der Waals surface area contributed by atoms with E-state index in [2.05, 4.69) is 20.8 Å². The van der Waals surface area contributed by atoms with Gasteiger partial charge in [0, 0.05) is 6.61 Å². The fourth-order valence-electron chi connectivity index (χ4n) is 2.04. The predicted octanol–water partition coefficient (Wildman–Crippen LogP) is -0.0704. The van der Waals surface area contributed by atoms with Crippen LogP contribution in [0.2, 0.25) is 0 Å². The van der Waals surface area contributed by atoms with Gasteiger partial charge >= 0.3 is 0 Å². The molecule has 2 heterocycles. The van der Waals surface area contributed by atoms with E-state index in [9.17, 15) is 4.79 Å². The normalized spacial score (nSPS) is 21.8. The molecular formula is C13H21N5O3. The zero-order chi connectivity index (χ0) is 15.1. The van der Waals surface area contributed by atoms with Crippen LogP contribution in [0.25, 0.3) is 0 Å². The van der Waals surface area contributed by atoms with Gasteiger partial charge in [-0.05, 0) is 30.7 Å². The molecule has 1 saturated heterocycles. The number of nitrogens with zero attached hydrogens (tertiary/aromatic N) is 4. The SMILES string of the molecule is CC(C)=CCO[C@H]1CCOC[C@H]1NC(=O)Cn1cnnn1. The second-order valence-electron chi connectivity index (χ2n) is 5.20. The van der Waals surface area contributed by atoms with Gasteiger partial charge in [-0.2, -0.15) is 0 Å². The average molecular weight is 295 g/mol. The molecule has 1 aliphatic rings. The Labute approximate surface area is 123 Å². The van der Waals surface area contributed by atoms with Gasteiger partial charge in [-0.25, -0.2) is 4.68 Å². The van der Waals surface area contributed by atoms with Gasteiger partial charge in [-0.15, -0.1) is 5.10 Å². The molecule has 1 aromatic heterocycles. The third-order valence-electron chi connectivity index (χ3n) is 3.14. The number of carbonyl (C=O) groups is 1. The first-order chi connectivity index (χ1) is 10.1. The van der Waals surface area contributed by atoms with E-state index < -0.39 is 0 Å². The fraction of sp³-hybridized carbons (Fsp3) is 0.692. The number of amides is 1. The van der Waals surface area contributed by atoms with Gasteiger partial charge in [-0.3, -0.25) is 4.79 Å². The Morgan fingerprint density at radius 2 is 2.43 bits per heavy atom. The van der Waals surface area contributed by atoms with Crippen LogP contribution in [0.5, 0.6) is 0 Å². The maximum absolute atomic E-state index is 12.0. The summed E-state index contributed by atoms with van der Waals surface area (Å²) >= 11 is 0. The minimum atomic E-state index is -0.159. The fourth-order valence-corrected chi connectivity index (χ4v) is 2.04. The van der Waals surface area contributed by atoms with E-state index >= 15 is 0 Å². The summed E-state index contributed by atoms with van der Waals surface area (Å²) in [5.41, 5.74) is 1.21. The lowest BCUT2D eigenvalue weighted by Crippen LogP contribution is -2.51. The highest BCUT2D eigenvalue weighted by atomic mass is 16.5. The highest BCUT2D eigenvalue weighted by molar-refractivity contribution is 5.76. The Balaban J connectivity index is 1.83. The molecule has 0 aliphatic carbocycles. The molecule has 1 aromatic rings. The Bertz CT molecular complexity index is 470. The van der Waals surface area contributed by atoms with E-state index in [1.54, 1.807) is 0 Å². The molecule has 116 valence electrons. The van der Waals surface area contributed by atoms with E-state index in [4.69, 9.17) is 9.47 Å². The van der Waals surface area contributed by atoms with Crippen molar-refractivity contribution in [1.82, 2.24) is 25.5 Å². The molecule has 21 heavy (non-hydrogen) atoms. The summed E-state index contributed by atoms with van der Waals surface area (Å²) in [6, 6.07) is -0.145. The second-order valence-corrected chi connectivity index (χ2v) is 5.20. The molecule has 1 aliphatic heterocycles. The molecule has 8 heteroatoms. The molecule has 0 bridgehead atoms. The standard InChI is InChI=1S/C13H21N5O3/c1-10(2)3-6-21-12-4-5-20-8-11(12)15-13(19)7-18-9-14-16-17-18/h3,9,11-12H,4-8H2,1-2H3,(H,15,19)/t11-,12+/m1/s1. The molecule has 0 spiro atoms. The van der Waals surface area contributed by atoms with E-state index in [0.29, 0.717) is 19.8 Å². The molecule has 0 unspecified atom stereocenters. The first kappa shape index (κ1) is 15.6. The summed E-state index contributed by atoms with van der Waals surface area (Å²) in [6.45, 7) is 5.80. The molecule has 1 fully saturated rings. The van der Waals surface area contributed by atoms with Crippen LogP contribution >= 0.6 is 0 Å². The molecule has 0 aromatic carbocycles. The van der Waals surface area contributed by atoms with Crippen molar-refractivity contribution in [1.29, 1.82) is 0 Å². The van der Waals surface area contributed by atoms with Crippen molar-refractivity contribution in [3.63, 3.8) is 0 Å².